The van der Waals surface area contributed by atoms with Crippen molar-refractivity contribution in [2.75, 3.05) is 39.8 Å². The minimum absolute atomic E-state index is 0.0379. The van der Waals surface area contributed by atoms with Crippen molar-refractivity contribution in [1.82, 2.24) is 19.7 Å². The number of alkyl halides is 3. The monoisotopic (exact) mass is 638 g/mol. The van der Waals surface area contributed by atoms with Crippen LogP contribution in [-0.4, -0.2) is 70.6 Å². The smallest absolute Gasteiger partial charge is 0.385 e. The number of rotatable bonds is 6. The van der Waals surface area contributed by atoms with E-state index in [0.29, 0.717) is 61.2 Å². The number of amides is 2. The molecule has 0 aliphatic carbocycles. The number of benzene rings is 2. The van der Waals surface area contributed by atoms with Crippen LogP contribution < -0.4 is 0 Å². The Bertz CT molecular complexity index is 1450. The average molecular weight is 640 g/mol. The van der Waals surface area contributed by atoms with Gasteiger partial charge in [-0.3, -0.25) is 4.98 Å². The van der Waals surface area contributed by atoms with Crippen molar-refractivity contribution in [3.63, 3.8) is 0 Å². The molecule has 0 radical (unpaired) electrons. The zero-order chi connectivity index (χ0) is 30.9. The highest BCUT2D eigenvalue weighted by atomic mass is 35.5. The number of pyridine rings is 1. The van der Waals surface area contributed by atoms with Gasteiger partial charge in [-0.25, -0.2) is 9.18 Å². The third-order valence-electron chi connectivity index (χ3n) is 8.50. The van der Waals surface area contributed by atoms with Crippen LogP contribution in [-0.2, 0) is 18.3 Å². The van der Waals surface area contributed by atoms with Crippen molar-refractivity contribution in [3.8, 4) is 0 Å². The Morgan fingerprint density at radius 3 is 2.35 bits per heavy atom. The van der Waals surface area contributed by atoms with E-state index in [1.807, 2.05) is 18.0 Å². The summed E-state index contributed by atoms with van der Waals surface area (Å²) in [4.78, 5) is 23.2. The second-order valence-corrected chi connectivity index (χ2v) is 12.3. The quantitative estimate of drug-likeness (QED) is 0.302. The summed E-state index contributed by atoms with van der Waals surface area (Å²) >= 11 is 12.5. The Morgan fingerprint density at radius 1 is 1.02 bits per heavy atom. The van der Waals surface area contributed by atoms with E-state index in [1.165, 1.54) is 6.07 Å². The lowest BCUT2D eigenvalue weighted by Gasteiger charge is -2.39. The molecule has 0 saturated carbocycles. The highest BCUT2D eigenvalue weighted by Gasteiger charge is 2.41. The summed E-state index contributed by atoms with van der Waals surface area (Å²) in [5.41, 5.74) is -0.183. The Morgan fingerprint density at radius 2 is 1.72 bits per heavy atom. The lowest BCUT2D eigenvalue weighted by atomic mass is 9.85. The Balaban J connectivity index is 1.29. The van der Waals surface area contributed by atoms with Crippen molar-refractivity contribution >= 4 is 29.2 Å². The van der Waals surface area contributed by atoms with Gasteiger partial charge in [0.2, 0.25) is 0 Å². The van der Waals surface area contributed by atoms with Crippen molar-refractivity contribution in [1.29, 1.82) is 0 Å². The maximum Gasteiger partial charge on any atom is 0.419 e. The first-order chi connectivity index (χ1) is 20.3. The highest BCUT2D eigenvalue weighted by molar-refractivity contribution is 6.42. The number of hydrogen-bond acceptors (Lipinski definition) is 4. The molecule has 230 valence electrons. The number of hydrogen-bond donors (Lipinski definition) is 1. The molecule has 6 nitrogen and oxygen atoms in total. The molecule has 2 aliphatic heterocycles. The van der Waals surface area contributed by atoms with E-state index in [4.69, 9.17) is 23.2 Å². The van der Waals surface area contributed by atoms with Crippen LogP contribution >= 0.6 is 23.2 Å². The predicted octanol–water partition coefficient (Wildman–Crippen LogP) is 6.80. The van der Waals surface area contributed by atoms with Crippen LogP contribution in [0, 0.1) is 11.7 Å². The summed E-state index contributed by atoms with van der Waals surface area (Å²) in [6.45, 7) is 2.41. The van der Waals surface area contributed by atoms with E-state index in [2.05, 4.69) is 4.98 Å². The number of aliphatic hydroxyl groups is 1. The third-order valence-corrected chi connectivity index (χ3v) is 9.24. The van der Waals surface area contributed by atoms with Crippen LogP contribution in [0.3, 0.4) is 0 Å². The van der Waals surface area contributed by atoms with Gasteiger partial charge in [0.15, 0.2) is 0 Å². The Kier molecular flexibility index (Phi) is 9.23. The number of piperidine rings is 1. The summed E-state index contributed by atoms with van der Waals surface area (Å²) in [5.74, 6) is -1.42. The molecule has 0 bridgehead atoms. The number of likely N-dealkylation sites (tertiary alicyclic amines) is 2. The largest absolute Gasteiger partial charge is 0.419 e. The zero-order valence-corrected chi connectivity index (χ0v) is 25.0. The Labute approximate surface area is 257 Å². The summed E-state index contributed by atoms with van der Waals surface area (Å²) < 4.78 is 53.2. The molecule has 1 N–H and O–H groups in total. The number of aromatic nitrogens is 1. The van der Waals surface area contributed by atoms with Crippen molar-refractivity contribution in [2.24, 2.45) is 5.92 Å². The molecule has 2 fully saturated rings. The maximum atomic E-state index is 14.2. The van der Waals surface area contributed by atoms with E-state index in [-0.39, 0.29) is 24.4 Å². The predicted molar refractivity (Wildman–Crippen MR) is 156 cm³/mol. The van der Waals surface area contributed by atoms with E-state index < -0.39 is 23.2 Å². The number of halogens is 6. The van der Waals surface area contributed by atoms with Gasteiger partial charge in [-0.1, -0.05) is 35.3 Å². The topological polar surface area (TPSA) is 59.9 Å². The second-order valence-electron chi connectivity index (χ2n) is 11.5. The minimum Gasteiger partial charge on any atom is -0.385 e. The SMILES string of the molecule is CN(Cc1ccc(C(F)(F)F)c(F)c1)CC1CN(C(=O)N2CCC(O)(c3ccncc3)CC2)C[C@@H]1c1ccc(Cl)c(Cl)c1. The number of urea groups is 1. The zero-order valence-electron chi connectivity index (χ0n) is 23.5. The van der Waals surface area contributed by atoms with Gasteiger partial charge in [0.25, 0.3) is 0 Å². The molecular formula is C31H32Cl2F4N4O2. The van der Waals surface area contributed by atoms with Crippen LogP contribution in [0.5, 0.6) is 0 Å². The van der Waals surface area contributed by atoms with E-state index in [1.54, 1.807) is 46.5 Å². The number of carbonyl (C=O) groups is 1. The first-order valence-corrected chi connectivity index (χ1v) is 14.8. The van der Waals surface area contributed by atoms with E-state index in [9.17, 15) is 27.5 Å². The molecule has 12 heteroatoms. The van der Waals surface area contributed by atoms with Crippen LogP contribution in [0.1, 0.15) is 41.0 Å². The molecule has 1 aromatic heterocycles. The van der Waals surface area contributed by atoms with E-state index in [0.717, 1.165) is 23.3 Å². The summed E-state index contributed by atoms with van der Waals surface area (Å²) in [5, 5.41) is 12.0. The average Bonchev–Trinajstić information content (AvgIpc) is 3.38. The molecule has 2 aromatic carbocycles. The van der Waals surface area contributed by atoms with Crippen LogP contribution in [0.4, 0.5) is 22.4 Å². The summed E-state index contributed by atoms with van der Waals surface area (Å²) in [7, 11) is 1.82. The fraction of sp³-hybridized carbons (Fsp3) is 0.419. The standard InChI is InChI=1S/C31H32Cl2F4N4O2/c1-39(16-20-2-4-25(28(34)14-20)31(35,36)37)17-22-18-41(19-24(22)21-3-5-26(32)27(33)15-21)29(42)40-12-8-30(43,9-13-40)23-6-10-38-11-7-23/h2-7,10-11,14-15,22,24,43H,8-9,12-13,16-19H2,1H3/t22?,24-/m1/s1. The maximum absolute atomic E-state index is 14.2. The molecule has 2 saturated heterocycles. The fourth-order valence-electron chi connectivity index (χ4n) is 6.22. The lowest BCUT2D eigenvalue weighted by Crippen LogP contribution is -2.49. The number of carbonyl (C=O) groups excluding carboxylic acids is 1. The van der Waals surface area contributed by atoms with Gasteiger partial charge in [0.1, 0.15) is 5.82 Å². The van der Waals surface area contributed by atoms with Crippen molar-refractivity contribution in [3.05, 3.63) is 99.0 Å². The molecule has 5 rings (SSSR count). The van der Waals surface area contributed by atoms with Gasteiger partial charge >= 0.3 is 12.2 Å². The fourth-order valence-corrected chi connectivity index (χ4v) is 6.52. The summed E-state index contributed by atoms with van der Waals surface area (Å²) in [6, 6.07) is 11.9. The molecule has 0 spiro atoms. The first kappa shape index (κ1) is 31.5. The molecule has 3 heterocycles. The van der Waals surface area contributed by atoms with Gasteiger partial charge in [0.05, 0.1) is 21.2 Å². The molecule has 1 unspecified atom stereocenters. The molecule has 43 heavy (non-hydrogen) atoms. The lowest BCUT2D eigenvalue weighted by molar-refractivity contribution is -0.140. The second kappa shape index (κ2) is 12.6. The first-order valence-electron chi connectivity index (χ1n) is 14.0. The highest BCUT2D eigenvalue weighted by Crippen LogP contribution is 2.38. The van der Waals surface area contributed by atoms with Gasteiger partial charge in [-0.2, -0.15) is 13.2 Å². The van der Waals surface area contributed by atoms with Crippen molar-refractivity contribution < 1.29 is 27.5 Å². The Hall–Kier alpha value is -2.92. The molecule has 2 amide bonds. The minimum atomic E-state index is -4.76. The molecule has 3 aromatic rings. The molecule has 2 aliphatic rings. The van der Waals surface area contributed by atoms with Crippen LogP contribution in [0.15, 0.2) is 60.9 Å². The van der Waals surface area contributed by atoms with Gasteiger partial charge in [0, 0.05) is 57.6 Å². The van der Waals surface area contributed by atoms with Crippen LogP contribution in [0.2, 0.25) is 10.0 Å². The number of nitrogens with zero attached hydrogens (tertiary/aromatic N) is 4. The third kappa shape index (κ3) is 7.09. The van der Waals surface area contributed by atoms with Gasteiger partial charge in [-0.05, 0) is 78.9 Å². The van der Waals surface area contributed by atoms with Crippen LogP contribution in [0.25, 0.3) is 0 Å². The van der Waals surface area contributed by atoms with Gasteiger partial charge < -0.3 is 19.8 Å². The van der Waals surface area contributed by atoms with Gasteiger partial charge in [-0.15, -0.1) is 0 Å². The molecule has 2 atom stereocenters. The molecular weight excluding hydrogens is 607 g/mol. The normalized spacial score (nSPS) is 20.6. The summed E-state index contributed by atoms with van der Waals surface area (Å²) in [6.07, 6.45) is -0.661. The van der Waals surface area contributed by atoms with Crippen molar-refractivity contribution in [2.45, 2.75) is 37.1 Å². The van der Waals surface area contributed by atoms with E-state index >= 15 is 0 Å².